The van der Waals surface area contributed by atoms with Crippen LogP contribution in [0.5, 0.6) is 5.75 Å². The molecule has 0 spiro atoms. The molecule has 1 aromatic heterocycles. The molecule has 0 unspecified atom stereocenters. The Balaban J connectivity index is 1.64. The molecule has 0 saturated heterocycles. The number of rotatable bonds is 7. The van der Waals surface area contributed by atoms with Gasteiger partial charge in [-0.1, -0.05) is 12.1 Å². The normalized spacial score (nSPS) is 12.8. The summed E-state index contributed by atoms with van der Waals surface area (Å²) in [5, 5.41) is 3.60. The number of hydrogen-bond donors (Lipinski definition) is 1. The summed E-state index contributed by atoms with van der Waals surface area (Å²) in [6.07, 6.45) is 1.99. The van der Waals surface area contributed by atoms with Crippen molar-refractivity contribution in [1.82, 2.24) is 4.90 Å². The maximum Gasteiger partial charge on any atom is 0.410 e. The Bertz CT molecular complexity index is 1250. The molecule has 8 nitrogen and oxygen atoms in total. The van der Waals surface area contributed by atoms with E-state index in [1.165, 1.54) is 11.3 Å². The molecule has 2 heterocycles. The topological polar surface area (TPSA) is 83.5 Å². The molecule has 0 atom stereocenters. The van der Waals surface area contributed by atoms with Crippen LogP contribution in [0.25, 0.3) is 0 Å². The van der Waals surface area contributed by atoms with Crippen molar-refractivity contribution in [3.63, 3.8) is 0 Å². The van der Waals surface area contributed by atoms with Gasteiger partial charge in [0.25, 0.3) is 5.91 Å². The molecule has 36 heavy (non-hydrogen) atoms. The number of nitrogens with zero attached hydrogens (tertiary/aromatic N) is 3. The number of aliphatic imine (C=N–C) groups is 1. The molecule has 2 aromatic carbocycles. The van der Waals surface area contributed by atoms with Crippen molar-refractivity contribution in [3.05, 3.63) is 70.1 Å². The van der Waals surface area contributed by atoms with Crippen LogP contribution in [0.1, 0.15) is 33.3 Å². The molecule has 4 rings (SSSR count). The van der Waals surface area contributed by atoms with Gasteiger partial charge in [-0.3, -0.25) is 4.79 Å². The molecule has 3 aromatic rings. The first-order chi connectivity index (χ1) is 17.4. The second-order valence-corrected chi connectivity index (χ2v) is 9.56. The van der Waals surface area contributed by atoms with Gasteiger partial charge in [-0.2, -0.15) is 0 Å². The molecule has 0 saturated carbocycles. The number of benzene rings is 2. The maximum absolute atomic E-state index is 13.5. The lowest BCUT2D eigenvalue weighted by atomic mass is 10.0. The van der Waals surface area contributed by atoms with Crippen molar-refractivity contribution in [2.75, 3.05) is 44.6 Å². The molecule has 1 aliphatic heterocycles. The average Bonchev–Trinajstić information content (AvgIpc) is 3.26. The number of amides is 2. The van der Waals surface area contributed by atoms with Gasteiger partial charge in [-0.05, 0) is 60.9 Å². The highest BCUT2D eigenvalue weighted by Gasteiger charge is 2.30. The predicted molar refractivity (Wildman–Crippen MR) is 144 cm³/mol. The molecule has 0 aliphatic carbocycles. The third-order valence-electron chi connectivity index (χ3n) is 5.88. The minimum absolute atomic E-state index is 0.225. The third-order valence-corrected chi connectivity index (χ3v) is 7.00. The van der Waals surface area contributed by atoms with Gasteiger partial charge in [0.05, 0.1) is 25.8 Å². The Morgan fingerprint density at radius 3 is 2.50 bits per heavy atom. The summed E-state index contributed by atoms with van der Waals surface area (Å²) >= 11 is 1.44. The smallest absolute Gasteiger partial charge is 0.410 e. The molecular weight excluding hydrogens is 476 g/mol. The van der Waals surface area contributed by atoms with Gasteiger partial charge in [0.2, 0.25) is 0 Å². The predicted octanol–water partition coefficient (Wildman–Crippen LogP) is 5.34. The van der Waals surface area contributed by atoms with Crippen molar-refractivity contribution in [2.24, 2.45) is 4.99 Å². The number of nitrogens with one attached hydrogen (secondary N) is 1. The van der Waals surface area contributed by atoms with Gasteiger partial charge in [-0.15, -0.1) is 11.3 Å². The number of hydrogen-bond acceptors (Lipinski definition) is 7. The standard InChI is InChI=1S/C27H30N4O4S/c1-5-35-27(33)31-15-14-22-23(17-31)36-26(28-16-18-6-10-20(11-7-18)30(2)3)24(22)25(32)29-19-8-12-21(34-4)13-9-19/h6-13,16H,5,14-15,17H2,1-4H3,(H,29,32)/b28-16+. The molecule has 0 fully saturated rings. The van der Waals surface area contributed by atoms with E-state index >= 15 is 0 Å². The van der Waals surface area contributed by atoms with Crippen LogP contribution >= 0.6 is 11.3 Å². The molecular formula is C27H30N4O4S. The van der Waals surface area contributed by atoms with Crippen LogP contribution in [-0.2, 0) is 17.7 Å². The Morgan fingerprint density at radius 1 is 1.14 bits per heavy atom. The first kappa shape index (κ1) is 25.2. The Morgan fingerprint density at radius 2 is 1.86 bits per heavy atom. The number of carbonyl (C=O) groups excluding carboxylic acids is 2. The van der Waals surface area contributed by atoms with E-state index in [2.05, 4.69) is 5.32 Å². The van der Waals surface area contributed by atoms with Crippen molar-refractivity contribution in [1.29, 1.82) is 0 Å². The van der Waals surface area contributed by atoms with Crippen molar-refractivity contribution >= 4 is 45.9 Å². The fourth-order valence-corrected chi connectivity index (χ4v) is 5.15. The Kier molecular flexibility index (Phi) is 7.90. The molecule has 9 heteroatoms. The van der Waals surface area contributed by atoms with Gasteiger partial charge in [0.15, 0.2) is 0 Å². The molecule has 0 bridgehead atoms. The summed E-state index contributed by atoms with van der Waals surface area (Å²) in [6, 6.07) is 15.2. The van der Waals surface area contributed by atoms with Crippen LogP contribution in [0.4, 0.5) is 21.2 Å². The van der Waals surface area contributed by atoms with E-state index in [9.17, 15) is 9.59 Å². The fraction of sp³-hybridized carbons (Fsp3) is 0.296. The molecule has 1 aliphatic rings. The zero-order valence-corrected chi connectivity index (χ0v) is 21.7. The first-order valence-electron chi connectivity index (χ1n) is 11.7. The van der Waals surface area contributed by atoms with E-state index in [4.69, 9.17) is 14.5 Å². The van der Waals surface area contributed by atoms with Crippen molar-refractivity contribution in [3.8, 4) is 5.75 Å². The largest absolute Gasteiger partial charge is 0.497 e. The molecule has 0 radical (unpaired) electrons. The summed E-state index contributed by atoms with van der Waals surface area (Å²) in [5.41, 5.74) is 4.18. The fourth-order valence-electron chi connectivity index (χ4n) is 3.94. The summed E-state index contributed by atoms with van der Waals surface area (Å²) in [4.78, 5) is 35.1. The monoisotopic (exact) mass is 506 g/mol. The van der Waals surface area contributed by atoms with Gasteiger partial charge >= 0.3 is 6.09 Å². The number of carbonyl (C=O) groups is 2. The van der Waals surface area contributed by atoms with Gasteiger partial charge in [0.1, 0.15) is 10.8 Å². The number of methoxy groups -OCH3 is 1. The lowest BCUT2D eigenvalue weighted by molar-refractivity contribution is 0.102. The third kappa shape index (κ3) is 5.68. The van der Waals surface area contributed by atoms with Crippen LogP contribution in [0, 0.1) is 0 Å². The second-order valence-electron chi connectivity index (χ2n) is 8.48. The van der Waals surface area contributed by atoms with Crippen LogP contribution < -0.4 is 15.0 Å². The Hall–Kier alpha value is -3.85. The van der Waals surface area contributed by atoms with Gasteiger partial charge in [0, 0.05) is 43.1 Å². The SMILES string of the molecule is CCOC(=O)N1CCc2c(sc(/N=C/c3ccc(N(C)C)cc3)c2C(=O)Nc2ccc(OC)cc2)C1. The van der Waals surface area contributed by atoms with Crippen LogP contribution in [0.2, 0.25) is 0 Å². The lowest BCUT2D eigenvalue weighted by Gasteiger charge is -2.26. The number of anilines is 2. The lowest BCUT2D eigenvalue weighted by Crippen LogP contribution is -2.36. The van der Waals surface area contributed by atoms with Crippen LogP contribution in [0.15, 0.2) is 53.5 Å². The zero-order valence-electron chi connectivity index (χ0n) is 20.9. The van der Waals surface area contributed by atoms with Crippen molar-refractivity contribution < 1.29 is 19.1 Å². The highest BCUT2D eigenvalue weighted by molar-refractivity contribution is 7.16. The average molecular weight is 507 g/mol. The van der Waals surface area contributed by atoms with E-state index in [1.807, 2.05) is 43.3 Å². The number of thiophene rings is 1. The summed E-state index contributed by atoms with van der Waals surface area (Å²) < 4.78 is 10.4. The molecule has 188 valence electrons. The van der Waals surface area contributed by atoms with Crippen molar-refractivity contribution in [2.45, 2.75) is 19.9 Å². The highest BCUT2D eigenvalue weighted by Crippen LogP contribution is 2.39. The Labute approximate surface area is 215 Å². The zero-order chi connectivity index (χ0) is 25.7. The van der Waals surface area contributed by atoms with E-state index in [0.717, 1.165) is 21.7 Å². The summed E-state index contributed by atoms with van der Waals surface area (Å²) in [7, 11) is 5.59. The molecule has 1 N–H and O–H groups in total. The highest BCUT2D eigenvalue weighted by atomic mass is 32.1. The number of fused-ring (bicyclic) bond motifs is 1. The maximum atomic E-state index is 13.5. The second kappa shape index (κ2) is 11.3. The van der Waals surface area contributed by atoms with E-state index in [1.54, 1.807) is 49.4 Å². The van der Waals surface area contributed by atoms with Gasteiger partial charge in [-0.25, -0.2) is 9.79 Å². The number of ether oxygens (including phenoxy) is 2. The minimum Gasteiger partial charge on any atom is -0.497 e. The molecule has 2 amide bonds. The summed E-state index contributed by atoms with van der Waals surface area (Å²) in [5.74, 6) is 0.489. The van der Waals surface area contributed by atoms with Gasteiger partial charge < -0.3 is 24.6 Å². The van der Waals surface area contributed by atoms with Crippen LogP contribution in [0.3, 0.4) is 0 Å². The summed E-state index contributed by atoms with van der Waals surface area (Å²) in [6.45, 7) is 3.00. The first-order valence-corrected chi connectivity index (χ1v) is 12.5. The van der Waals surface area contributed by atoms with E-state index in [-0.39, 0.29) is 12.0 Å². The van der Waals surface area contributed by atoms with E-state index < -0.39 is 0 Å². The van der Waals surface area contributed by atoms with E-state index in [0.29, 0.717) is 48.1 Å². The van der Waals surface area contributed by atoms with Crippen LogP contribution in [-0.4, -0.2) is 57.5 Å². The quantitative estimate of drug-likeness (QED) is 0.438. The minimum atomic E-state index is -0.341.